The Morgan fingerprint density at radius 1 is 0.861 bits per heavy atom. The first kappa shape index (κ1) is 26.9. The zero-order valence-electron chi connectivity index (χ0n) is 22.9. The molecule has 4 nitrogen and oxygen atoms in total. The van der Waals surface area contributed by atoms with Crippen LogP contribution < -0.4 is 9.47 Å². The topological polar surface area (TPSA) is 7.12 Å². The molecule has 0 N–H and O–H groups in total. The van der Waals surface area contributed by atoms with Gasteiger partial charge in [0.05, 0.1) is 72.9 Å². The summed E-state index contributed by atoms with van der Waals surface area (Å²) in [6, 6.07) is 17.6. The Morgan fingerprint density at radius 2 is 1.56 bits per heavy atom. The lowest BCUT2D eigenvalue weighted by Gasteiger charge is -2.28. The normalized spacial score (nSPS) is 16.6. The molecule has 1 aliphatic heterocycles. The maximum Gasteiger partial charge on any atom is 0.262 e. The van der Waals surface area contributed by atoms with Crippen molar-refractivity contribution >= 4 is 45.1 Å². The quantitative estimate of drug-likeness (QED) is 0.176. The van der Waals surface area contributed by atoms with Crippen molar-refractivity contribution in [1.29, 1.82) is 0 Å². The molecular weight excluding hydrogens is 480 g/mol. The summed E-state index contributed by atoms with van der Waals surface area (Å²) in [6.07, 6.45) is 11.5. The van der Waals surface area contributed by atoms with Crippen molar-refractivity contribution in [2.24, 2.45) is 0 Å². The molecule has 2 heterocycles. The molecule has 2 aromatic carbocycles. The molecule has 0 fully saturated rings. The minimum Gasteiger partial charge on any atom is -0.355 e. The van der Waals surface area contributed by atoms with Crippen LogP contribution in [0.2, 0.25) is 0 Å². The average Bonchev–Trinajstić information content (AvgIpc) is 3.33. The maximum absolute atomic E-state index is 2.57. The summed E-state index contributed by atoms with van der Waals surface area (Å²) in [4.78, 5) is 3.96. The highest BCUT2D eigenvalue weighted by Gasteiger charge is 2.28. The van der Waals surface area contributed by atoms with Gasteiger partial charge < -0.3 is 13.9 Å². The summed E-state index contributed by atoms with van der Waals surface area (Å²) in [5.41, 5.74) is 2.72. The zero-order chi connectivity index (χ0) is 25.8. The first-order valence-electron chi connectivity index (χ1n) is 13.0. The number of thioether (sulfide) groups is 1. The van der Waals surface area contributed by atoms with Gasteiger partial charge in [0.25, 0.3) is 5.01 Å². The molecular formula is C30H43N4S2+3. The summed E-state index contributed by atoms with van der Waals surface area (Å²) in [6.45, 7) is 4.49. The molecule has 0 amide bonds. The molecule has 1 atom stereocenters. The fraction of sp³-hybridized carbons (Fsp3) is 0.433. The van der Waals surface area contributed by atoms with Gasteiger partial charge in [0.2, 0.25) is 5.52 Å². The molecule has 36 heavy (non-hydrogen) atoms. The Bertz CT molecular complexity index is 1210. The van der Waals surface area contributed by atoms with Crippen LogP contribution in [0, 0.1) is 0 Å². The first-order valence-corrected chi connectivity index (χ1v) is 14.7. The summed E-state index contributed by atoms with van der Waals surface area (Å²) >= 11 is 3.85. The molecule has 0 saturated heterocycles. The number of hydrogen-bond donors (Lipinski definition) is 0. The van der Waals surface area contributed by atoms with Gasteiger partial charge in [-0.1, -0.05) is 65.6 Å². The number of rotatable bonds is 11. The molecule has 1 aliphatic rings. The predicted octanol–water partition coefficient (Wildman–Crippen LogP) is 5.89. The fourth-order valence-corrected chi connectivity index (χ4v) is 6.98. The SMILES string of the molecule is C[N+](C)(C)CCCN1c2ccccc2SC1/C=C/C=C/c1sc2ccccc2[n+]1CCC[N+](C)(C)C. The van der Waals surface area contributed by atoms with E-state index in [1.165, 1.54) is 51.7 Å². The van der Waals surface area contributed by atoms with Gasteiger partial charge in [-0.3, -0.25) is 0 Å². The van der Waals surface area contributed by atoms with Crippen molar-refractivity contribution in [2.45, 2.75) is 29.7 Å². The highest BCUT2D eigenvalue weighted by Crippen LogP contribution is 2.43. The van der Waals surface area contributed by atoms with Gasteiger partial charge in [0.1, 0.15) is 4.70 Å². The van der Waals surface area contributed by atoms with Gasteiger partial charge in [-0.25, -0.2) is 0 Å². The second kappa shape index (κ2) is 11.5. The summed E-state index contributed by atoms with van der Waals surface area (Å²) < 4.78 is 5.87. The molecule has 6 heteroatoms. The number of fused-ring (bicyclic) bond motifs is 2. The van der Waals surface area contributed by atoms with E-state index in [9.17, 15) is 0 Å². The number of aromatic nitrogens is 1. The Labute approximate surface area is 226 Å². The number of thiazole rings is 1. The lowest BCUT2D eigenvalue weighted by molar-refractivity contribution is -0.873. The standard InChI is InChI=1S/C30H43N4S2/c1-33(2,3)23-13-21-31-25-15-7-9-17-27(25)35-29(31)19-11-12-20-30-32(22-14-24-34(4,5)6)26-16-8-10-18-28(26)36-30/h7-12,15-20,29H,13-14,21-24H2,1-6H3/q+3/b19-11+,20-12+. The average molecular weight is 524 g/mol. The van der Waals surface area contributed by atoms with E-state index in [2.05, 4.69) is 125 Å². The number of allylic oxidation sites excluding steroid dienone is 2. The highest BCUT2D eigenvalue weighted by molar-refractivity contribution is 8.00. The molecule has 0 radical (unpaired) electrons. The monoisotopic (exact) mass is 523 g/mol. The second-order valence-electron chi connectivity index (χ2n) is 11.7. The third-order valence-electron chi connectivity index (χ3n) is 6.43. The molecule has 192 valence electrons. The Balaban J connectivity index is 1.48. The Morgan fingerprint density at radius 3 is 2.33 bits per heavy atom. The van der Waals surface area contributed by atoms with Crippen molar-refractivity contribution in [3.05, 3.63) is 71.8 Å². The van der Waals surface area contributed by atoms with Crippen LogP contribution in [0.15, 0.2) is 71.7 Å². The van der Waals surface area contributed by atoms with Crippen LogP contribution in [-0.2, 0) is 6.54 Å². The third kappa shape index (κ3) is 7.22. The molecule has 4 rings (SSSR count). The van der Waals surface area contributed by atoms with E-state index in [0.29, 0.717) is 5.37 Å². The largest absolute Gasteiger partial charge is 0.355 e. The van der Waals surface area contributed by atoms with Crippen LogP contribution in [0.1, 0.15) is 17.8 Å². The van der Waals surface area contributed by atoms with Crippen LogP contribution >= 0.6 is 23.1 Å². The van der Waals surface area contributed by atoms with E-state index in [4.69, 9.17) is 0 Å². The van der Waals surface area contributed by atoms with Crippen molar-refractivity contribution < 1.29 is 13.5 Å². The van der Waals surface area contributed by atoms with E-state index >= 15 is 0 Å². The number of hydrogen-bond acceptors (Lipinski definition) is 3. The number of para-hydroxylation sites is 2. The van der Waals surface area contributed by atoms with Crippen LogP contribution in [0.25, 0.3) is 16.3 Å². The van der Waals surface area contributed by atoms with E-state index < -0.39 is 0 Å². The van der Waals surface area contributed by atoms with Gasteiger partial charge >= 0.3 is 0 Å². The minimum absolute atomic E-state index is 0.346. The summed E-state index contributed by atoms with van der Waals surface area (Å²) in [7, 11) is 13.6. The van der Waals surface area contributed by atoms with Crippen LogP contribution in [0.4, 0.5) is 5.69 Å². The molecule has 3 aromatic rings. The maximum atomic E-state index is 2.57. The number of quaternary nitrogens is 2. The molecule has 0 spiro atoms. The Hall–Kier alpha value is -2.12. The van der Waals surface area contributed by atoms with Gasteiger partial charge in [0, 0.05) is 30.0 Å². The second-order valence-corrected chi connectivity index (χ2v) is 13.9. The summed E-state index contributed by atoms with van der Waals surface area (Å²) in [5, 5.41) is 1.67. The number of nitrogens with zero attached hydrogens (tertiary/aromatic N) is 4. The molecule has 0 bridgehead atoms. The van der Waals surface area contributed by atoms with Gasteiger partial charge in [-0.05, 0) is 18.2 Å². The smallest absolute Gasteiger partial charge is 0.262 e. The molecule has 0 aliphatic carbocycles. The van der Waals surface area contributed by atoms with Crippen molar-refractivity contribution in [3.63, 3.8) is 0 Å². The lowest BCUT2D eigenvalue weighted by atomic mass is 10.2. The highest BCUT2D eigenvalue weighted by atomic mass is 32.2. The number of benzene rings is 2. The van der Waals surface area contributed by atoms with E-state index in [0.717, 1.165) is 22.1 Å². The van der Waals surface area contributed by atoms with E-state index in [-0.39, 0.29) is 0 Å². The van der Waals surface area contributed by atoms with Crippen molar-refractivity contribution in [2.75, 3.05) is 66.8 Å². The van der Waals surface area contributed by atoms with Gasteiger partial charge in [-0.15, -0.1) is 0 Å². The molecule has 1 unspecified atom stereocenters. The summed E-state index contributed by atoms with van der Waals surface area (Å²) in [5.74, 6) is 0. The minimum atomic E-state index is 0.346. The molecule has 1 aromatic heterocycles. The fourth-order valence-electron chi connectivity index (χ4n) is 4.64. The van der Waals surface area contributed by atoms with Gasteiger partial charge in [0.15, 0.2) is 6.54 Å². The number of aryl methyl sites for hydroxylation is 1. The van der Waals surface area contributed by atoms with Crippen LogP contribution in [-0.4, -0.2) is 76.3 Å². The van der Waals surface area contributed by atoms with Crippen LogP contribution in [0.5, 0.6) is 0 Å². The Kier molecular flexibility index (Phi) is 8.61. The predicted molar refractivity (Wildman–Crippen MR) is 159 cm³/mol. The lowest BCUT2D eigenvalue weighted by Crippen LogP contribution is -2.40. The molecule has 0 saturated carbocycles. The third-order valence-corrected chi connectivity index (χ3v) is 8.81. The van der Waals surface area contributed by atoms with E-state index in [1.807, 2.05) is 23.1 Å². The van der Waals surface area contributed by atoms with Gasteiger partial charge in [-0.2, -0.15) is 4.57 Å². The number of anilines is 1. The van der Waals surface area contributed by atoms with E-state index in [1.54, 1.807) is 0 Å². The van der Waals surface area contributed by atoms with Crippen LogP contribution in [0.3, 0.4) is 0 Å². The zero-order valence-corrected chi connectivity index (χ0v) is 24.5. The first-order chi connectivity index (χ1) is 17.1. The van der Waals surface area contributed by atoms with Crippen molar-refractivity contribution in [3.8, 4) is 0 Å². The van der Waals surface area contributed by atoms with Crippen molar-refractivity contribution in [1.82, 2.24) is 0 Å².